The van der Waals surface area contributed by atoms with Crippen molar-refractivity contribution in [2.75, 3.05) is 18.6 Å². The maximum Gasteiger partial charge on any atom is 0.337 e. The Labute approximate surface area is 134 Å². The van der Waals surface area contributed by atoms with Gasteiger partial charge in [-0.2, -0.15) is 0 Å². The number of anilines is 1. The van der Waals surface area contributed by atoms with E-state index in [4.69, 9.17) is 9.47 Å². The van der Waals surface area contributed by atoms with Crippen LogP contribution < -0.4 is 9.64 Å². The smallest absolute Gasteiger partial charge is 0.337 e. The summed E-state index contributed by atoms with van der Waals surface area (Å²) in [6.45, 7) is 0.759. The first kappa shape index (κ1) is 15.1. The number of fused-ring (bicyclic) bond motifs is 1. The number of hydrogen-bond acceptors (Lipinski definition) is 4. The minimum Gasteiger partial charge on any atom is -0.491 e. The Balaban J connectivity index is 2.01. The van der Waals surface area contributed by atoms with Crippen LogP contribution in [0, 0.1) is 0 Å². The lowest BCUT2D eigenvalue weighted by molar-refractivity contribution is -0.118. The highest BCUT2D eigenvalue weighted by Gasteiger charge is 2.24. The van der Waals surface area contributed by atoms with E-state index in [1.807, 2.05) is 30.3 Å². The van der Waals surface area contributed by atoms with Crippen molar-refractivity contribution >= 4 is 17.6 Å². The van der Waals surface area contributed by atoms with Crippen LogP contribution >= 0.6 is 0 Å². The molecule has 0 saturated heterocycles. The normalized spacial score (nSPS) is 13.8. The van der Waals surface area contributed by atoms with E-state index in [-0.39, 0.29) is 5.91 Å². The zero-order chi connectivity index (χ0) is 16.2. The van der Waals surface area contributed by atoms with E-state index in [1.165, 1.54) is 7.11 Å². The number of ether oxygens (including phenoxy) is 2. The standard InChI is InChI=1S/C18H17NO4/c1-22-18(21)14-7-8-16-15(11-14)19(17(20)9-10-23-16)12-13-5-3-2-4-6-13/h2-8,11H,9-10,12H2,1H3. The van der Waals surface area contributed by atoms with Crippen LogP contribution in [-0.4, -0.2) is 25.6 Å². The molecule has 23 heavy (non-hydrogen) atoms. The monoisotopic (exact) mass is 311 g/mol. The third-order valence-electron chi connectivity index (χ3n) is 3.73. The third kappa shape index (κ3) is 3.18. The van der Waals surface area contributed by atoms with E-state index < -0.39 is 5.97 Å². The van der Waals surface area contributed by atoms with Crippen molar-refractivity contribution in [2.45, 2.75) is 13.0 Å². The number of nitrogens with zero attached hydrogens (tertiary/aromatic N) is 1. The molecule has 118 valence electrons. The first-order chi connectivity index (χ1) is 11.2. The van der Waals surface area contributed by atoms with Gasteiger partial charge in [0.1, 0.15) is 5.75 Å². The van der Waals surface area contributed by atoms with Gasteiger partial charge >= 0.3 is 5.97 Å². The predicted octanol–water partition coefficient (Wildman–Crippen LogP) is 2.79. The lowest BCUT2D eigenvalue weighted by atomic mass is 10.1. The molecule has 0 radical (unpaired) electrons. The zero-order valence-electron chi connectivity index (χ0n) is 12.8. The molecule has 0 spiro atoms. The maximum atomic E-state index is 12.5. The molecule has 0 atom stereocenters. The quantitative estimate of drug-likeness (QED) is 0.818. The van der Waals surface area contributed by atoms with Crippen molar-refractivity contribution in [1.29, 1.82) is 0 Å². The fraction of sp³-hybridized carbons (Fsp3) is 0.222. The molecule has 0 aliphatic carbocycles. The Morgan fingerprint density at radius 2 is 2.00 bits per heavy atom. The molecule has 0 saturated carbocycles. The van der Waals surface area contributed by atoms with E-state index in [9.17, 15) is 9.59 Å². The number of hydrogen-bond donors (Lipinski definition) is 0. The van der Waals surface area contributed by atoms with Gasteiger partial charge in [0, 0.05) is 0 Å². The van der Waals surface area contributed by atoms with Gasteiger partial charge in [-0.05, 0) is 23.8 Å². The molecule has 1 heterocycles. The summed E-state index contributed by atoms with van der Waals surface area (Å²) < 4.78 is 10.4. The van der Waals surface area contributed by atoms with Crippen LogP contribution in [0.15, 0.2) is 48.5 Å². The summed E-state index contributed by atoms with van der Waals surface area (Å²) in [7, 11) is 1.33. The summed E-state index contributed by atoms with van der Waals surface area (Å²) >= 11 is 0. The van der Waals surface area contributed by atoms with Gasteiger partial charge < -0.3 is 14.4 Å². The highest BCUT2D eigenvalue weighted by atomic mass is 16.5. The summed E-state index contributed by atoms with van der Waals surface area (Å²) in [5.41, 5.74) is 2.00. The first-order valence-electron chi connectivity index (χ1n) is 7.38. The lowest BCUT2D eigenvalue weighted by Crippen LogP contribution is -2.29. The number of rotatable bonds is 3. The molecule has 5 heteroatoms. The highest BCUT2D eigenvalue weighted by Crippen LogP contribution is 2.33. The fourth-order valence-corrected chi connectivity index (χ4v) is 2.55. The van der Waals surface area contributed by atoms with Crippen LogP contribution in [0.3, 0.4) is 0 Å². The van der Waals surface area contributed by atoms with E-state index in [0.29, 0.717) is 36.6 Å². The number of carbonyl (C=O) groups is 2. The molecule has 1 amide bonds. The van der Waals surface area contributed by atoms with Crippen LogP contribution in [0.2, 0.25) is 0 Å². The summed E-state index contributed by atoms with van der Waals surface area (Å²) in [5, 5.41) is 0. The van der Waals surface area contributed by atoms with E-state index in [1.54, 1.807) is 23.1 Å². The SMILES string of the molecule is COC(=O)c1ccc2c(c1)N(Cc1ccccc1)C(=O)CCO2. The molecule has 3 rings (SSSR count). The number of amides is 1. The van der Waals surface area contributed by atoms with Gasteiger partial charge in [-0.25, -0.2) is 4.79 Å². The molecule has 1 aliphatic rings. The number of methoxy groups -OCH3 is 1. The Bertz CT molecular complexity index is 727. The van der Waals surface area contributed by atoms with Crippen LogP contribution in [0.4, 0.5) is 5.69 Å². The molecule has 2 aromatic carbocycles. The first-order valence-corrected chi connectivity index (χ1v) is 7.38. The van der Waals surface area contributed by atoms with Crippen molar-refractivity contribution in [3.63, 3.8) is 0 Å². The molecule has 0 bridgehead atoms. The van der Waals surface area contributed by atoms with Gasteiger partial charge in [0.2, 0.25) is 5.91 Å². The van der Waals surface area contributed by atoms with Gasteiger partial charge in [-0.1, -0.05) is 30.3 Å². The van der Waals surface area contributed by atoms with Gasteiger partial charge in [0.15, 0.2) is 0 Å². The second-order valence-corrected chi connectivity index (χ2v) is 5.24. The Morgan fingerprint density at radius 3 is 2.74 bits per heavy atom. The van der Waals surface area contributed by atoms with E-state index in [2.05, 4.69) is 0 Å². The van der Waals surface area contributed by atoms with Crippen molar-refractivity contribution in [1.82, 2.24) is 0 Å². The largest absolute Gasteiger partial charge is 0.491 e. The van der Waals surface area contributed by atoms with Crippen molar-refractivity contribution in [3.05, 3.63) is 59.7 Å². The van der Waals surface area contributed by atoms with Crippen molar-refractivity contribution in [2.24, 2.45) is 0 Å². The second-order valence-electron chi connectivity index (χ2n) is 5.24. The minimum absolute atomic E-state index is 0.0328. The molecule has 0 N–H and O–H groups in total. The summed E-state index contributed by atoms with van der Waals surface area (Å²) in [6.07, 6.45) is 0.301. The average molecular weight is 311 g/mol. The van der Waals surface area contributed by atoms with Crippen LogP contribution in [0.25, 0.3) is 0 Å². The van der Waals surface area contributed by atoms with Gasteiger partial charge in [-0.15, -0.1) is 0 Å². The Hall–Kier alpha value is -2.82. The number of esters is 1. The summed E-state index contributed by atoms with van der Waals surface area (Å²) in [4.78, 5) is 25.9. The number of carbonyl (C=O) groups excluding carboxylic acids is 2. The molecule has 5 nitrogen and oxygen atoms in total. The predicted molar refractivity (Wildman–Crippen MR) is 85.5 cm³/mol. The Morgan fingerprint density at radius 1 is 1.22 bits per heavy atom. The average Bonchev–Trinajstić information content (AvgIpc) is 2.74. The summed E-state index contributed by atoms with van der Waals surface area (Å²) in [5.74, 6) is 0.123. The summed E-state index contributed by atoms with van der Waals surface area (Å²) in [6, 6.07) is 14.7. The maximum absolute atomic E-state index is 12.5. The minimum atomic E-state index is -0.441. The van der Waals surface area contributed by atoms with Crippen molar-refractivity contribution < 1.29 is 19.1 Å². The third-order valence-corrected chi connectivity index (χ3v) is 3.73. The van der Waals surface area contributed by atoms with Crippen molar-refractivity contribution in [3.8, 4) is 5.75 Å². The number of benzene rings is 2. The van der Waals surface area contributed by atoms with E-state index >= 15 is 0 Å². The molecule has 0 unspecified atom stereocenters. The molecule has 0 fully saturated rings. The fourth-order valence-electron chi connectivity index (χ4n) is 2.55. The van der Waals surface area contributed by atoms with Gasteiger partial charge in [0.05, 0.1) is 37.9 Å². The zero-order valence-corrected chi connectivity index (χ0v) is 12.8. The molecular weight excluding hydrogens is 294 g/mol. The molecular formula is C18H17NO4. The topological polar surface area (TPSA) is 55.8 Å². The second kappa shape index (κ2) is 6.52. The van der Waals surface area contributed by atoms with Gasteiger partial charge in [0.25, 0.3) is 0 Å². The molecule has 1 aliphatic heterocycles. The van der Waals surface area contributed by atoms with Gasteiger partial charge in [-0.3, -0.25) is 4.79 Å². The van der Waals surface area contributed by atoms with Crippen LogP contribution in [-0.2, 0) is 16.1 Å². The highest BCUT2D eigenvalue weighted by molar-refractivity contribution is 5.98. The van der Waals surface area contributed by atoms with Crippen LogP contribution in [0.1, 0.15) is 22.3 Å². The lowest BCUT2D eigenvalue weighted by Gasteiger charge is -2.22. The van der Waals surface area contributed by atoms with E-state index in [0.717, 1.165) is 5.56 Å². The molecule has 0 aromatic heterocycles. The van der Waals surface area contributed by atoms with Crippen LogP contribution in [0.5, 0.6) is 5.75 Å². The Kier molecular flexibility index (Phi) is 4.28. The molecule has 2 aromatic rings.